The second-order valence-corrected chi connectivity index (χ2v) is 14.3. The third kappa shape index (κ3) is 61.9. The van der Waals surface area contributed by atoms with Gasteiger partial charge in [-0.2, -0.15) is 0 Å². The zero-order valence-corrected chi connectivity index (χ0v) is 32.7. The molecule has 0 aromatic heterocycles. The first-order chi connectivity index (χ1) is 21.4. The maximum atomic E-state index is 10.1. The van der Waals surface area contributed by atoms with Gasteiger partial charge in [0, 0.05) is 17.9 Å². The van der Waals surface area contributed by atoms with Gasteiger partial charge >= 0.3 is 19.5 Å². The third-order valence-electron chi connectivity index (χ3n) is 7.99. The molecule has 0 unspecified atom stereocenters. The number of carbonyl (C=O) groups excluding carboxylic acids is 3. The van der Waals surface area contributed by atoms with Crippen LogP contribution in [0.15, 0.2) is 0 Å². The van der Waals surface area contributed by atoms with E-state index in [4.69, 9.17) is 0 Å². The Hall–Kier alpha value is -0.967. The van der Waals surface area contributed by atoms with Gasteiger partial charge in [0.1, 0.15) is 0 Å². The van der Waals surface area contributed by atoms with E-state index in [0.717, 1.165) is 56.3 Å². The van der Waals surface area contributed by atoms with Crippen molar-refractivity contribution in [1.82, 2.24) is 0 Å². The summed E-state index contributed by atoms with van der Waals surface area (Å²) in [6.45, 7) is 13.6. The topological polar surface area (TPSA) is 120 Å². The molecule has 0 heterocycles. The minimum absolute atomic E-state index is 0. The van der Waals surface area contributed by atoms with Gasteiger partial charge in [-0.3, -0.25) is 0 Å². The average Bonchev–Trinajstić information content (AvgIpc) is 2.94. The van der Waals surface area contributed by atoms with Crippen molar-refractivity contribution in [2.45, 2.75) is 215 Å². The number of carboxylic acids is 3. The molecule has 0 atom stereocenters. The van der Waals surface area contributed by atoms with Crippen LogP contribution in [0, 0.1) is 17.8 Å². The molecule has 7 heteroatoms. The van der Waals surface area contributed by atoms with Gasteiger partial charge < -0.3 is 29.7 Å². The molecule has 6 nitrogen and oxygen atoms in total. The fraction of sp³-hybridized carbons (Fsp3) is 0.923. The van der Waals surface area contributed by atoms with Gasteiger partial charge in [-0.05, 0) is 56.3 Å². The van der Waals surface area contributed by atoms with Crippen molar-refractivity contribution in [3.05, 3.63) is 0 Å². The molecule has 0 fully saturated rings. The molecule has 0 aromatic carbocycles. The summed E-state index contributed by atoms with van der Waals surface area (Å²) in [6, 6.07) is 0. The molecular formula is C39H75O6Rh. The van der Waals surface area contributed by atoms with E-state index in [0.29, 0.717) is 0 Å². The molecule has 0 amide bonds. The summed E-state index contributed by atoms with van der Waals surface area (Å²) in [5.41, 5.74) is 0. The minimum Gasteiger partial charge on any atom is -0.550 e. The van der Waals surface area contributed by atoms with Crippen LogP contribution in [-0.2, 0) is 33.9 Å². The third-order valence-corrected chi connectivity index (χ3v) is 7.99. The fourth-order valence-electron chi connectivity index (χ4n) is 5.12. The number of carbonyl (C=O) groups is 3. The maximum absolute atomic E-state index is 10.1. The van der Waals surface area contributed by atoms with E-state index in [1.165, 1.54) is 116 Å². The maximum Gasteiger partial charge on any atom is 3.00 e. The van der Waals surface area contributed by atoms with Crippen molar-refractivity contribution in [2.75, 3.05) is 0 Å². The molecule has 0 aromatic rings. The number of carboxylic acid groups (broad SMARTS) is 3. The van der Waals surface area contributed by atoms with Gasteiger partial charge in [0.25, 0.3) is 0 Å². The second-order valence-electron chi connectivity index (χ2n) is 14.3. The molecule has 0 aliphatic heterocycles. The average molecular weight is 743 g/mol. The van der Waals surface area contributed by atoms with E-state index < -0.39 is 17.9 Å². The summed E-state index contributed by atoms with van der Waals surface area (Å²) >= 11 is 0. The Bertz CT molecular complexity index is 550. The van der Waals surface area contributed by atoms with Crippen LogP contribution in [0.4, 0.5) is 0 Å². The molecule has 0 bridgehead atoms. The number of rotatable bonds is 30. The van der Waals surface area contributed by atoms with Crippen molar-refractivity contribution in [3.63, 3.8) is 0 Å². The van der Waals surface area contributed by atoms with E-state index in [1.54, 1.807) is 0 Å². The van der Waals surface area contributed by atoms with E-state index in [1.807, 2.05) is 0 Å². The molecule has 0 aliphatic rings. The van der Waals surface area contributed by atoms with Gasteiger partial charge in [0.05, 0.1) is 0 Å². The zero-order chi connectivity index (χ0) is 34.6. The molecule has 276 valence electrons. The summed E-state index contributed by atoms with van der Waals surface area (Å²) in [6.07, 6.45) is 29.4. The number of unbranched alkanes of at least 4 members (excludes halogenated alkanes) is 18. The Kier molecular flexibility index (Phi) is 47.4. The van der Waals surface area contributed by atoms with Gasteiger partial charge in [0.2, 0.25) is 0 Å². The van der Waals surface area contributed by atoms with Gasteiger partial charge in [-0.25, -0.2) is 0 Å². The summed E-state index contributed by atoms with van der Waals surface area (Å²) in [5.74, 6) is -0.250. The SMILES string of the molecule is CC(C)CCCCCCCCCC(=O)[O-].CC(C)CCCCCCCCCC(=O)[O-].CC(C)CCCCCCCCCC(=O)[O-].[Rh+3]. The zero-order valence-electron chi connectivity index (χ0n) is 31.1. The Morgan fingerprint density at radius 2 is 0.478 bits per heavy atom. The number of hydrogen-bond donors (Lipinski definition) is 0. The molecule has 0 saturated carbocycles. The van der Waals surface area contributed by atoms with Crippen molar-refractivity contribution >= 4 is 17.9 Å². The smallest absolute Gasteiger partial charge is 0.550 e. The van der Waals surface area contributed by atoms with E-state index >= 15 is 0 Å². The van der Waals surface area contributed by atoms with Crippen LogP contribution >= 0.6 is 0 Å². The standard InChI is InChI=1S/3C13H26O2.Rh/c3*1-12(2)10-8-6-4-3-5-7-9-11-13(14)15;/h3*12H,3-11H2,1-2H3,(H,14,15);/q;;;+3/p-3. The Labute approximate surface area is 298 Å². The van der Waals surface area contributed by atoms with E-state index in [2.05, 4.69) is 41.5 Å². The first-order valence-corrected chi connectivity index (χ1v) is 19.0. The minimum atomic E-state index is -0.910. The Morgan fingerprint density at radius 1 is 0.326 bits per heavy atom. The molecule has 0 saturated heterocycles. The first-order valence-electron chi connectivity index (χ1n) is 19.0. The van der Waals surface area contributed by atoms with Crippen LogP contribution in [-0.4, -0.2) is 17.9 Å². The van der Waals surface area contributed by atoms with E-state index in [-0.39, 0.29) is 38.7 Å². The van der Waals surface area contributed by atoms with Crippen molar-refractivity contribution < 1.29 is 49.2 Å². The van der Waals surface area contributed by atoms with Gasteiger partial charge in [0.15, 0.2) is 0 Å². The monoisotopic (exact) mass is 742 g/mol. The van der Waals surface area contributed by atoms with Crippen LogP contribution in [0.25, 0.3) is 0 Å². The van der Waals surface area contributed by atoms with E-state index in [9.17, 15) is 29.7 Å². The summed E-state index contributed by atoms with van der Waals surface area (Å²) in [7, 11) is 0. The molecule has 0 rings (SSSR count). The molecule has 0 radical (unpaired) electrons. The molecule has 0 N–H and O–H groups in total. The number of aliphatic carboxylic acids is 3. The van der Waals surface area contributed by atoms with Crippen molar-refractivity contribution in [3.8, 4) is 0 Å². The summed E-state index contributed by atoms with van der Waals surface area (Å²) in [5, 5.41) is 30.4. The van der Waals surface area contributed by atoms with Gasteiger partial charge in [-0.1, -0.05) is 176 Å². The van der Waals surface area contributed by atoms with Crippen LogP contribution in [0.3, 0.4) is 0 Å². The molecular weight excluding hydrogens is 667 g/mol. The van der Waals surface area contributed by atoms with Crippen molar-refractivity contribution in [2.24, 2.45) is 17.8 Å². The Morgan fingerprint density at radius 3 is 0.630 bits per heavy atom. The summed E-state index contributed by atoms with van der Waals surface area (Å²) in [4.78, 5) is 30.4. The molecule has 46 heavy (non-hydrogen) atoms. The van der Waals surface area contributed by atoms with Gasteiger partial charge in [-0.15, -0.1) is 0 Å². The normalized spacial score (nSPS) is 10.6. The Balaban J connectivity index is -0.000000285. The fourth-order valence-corrected chi connectivity index (χ4v) is 5.12. The van der Waals surface area contributed by atoms with Crippen LogP contribution in [0.5, 0.6) is 0 Å². The molecule has 0 spiro atoms. The second kappa shape index (κ2) is 42.1. The van der Waals surface area contributed by atoms with Crippen LogP contribution < -0.4 is 15.3 Å². The van der Waals surface area contributed by atoms with Crippen molar-refractivity contribution in [1.29, 1.82) is 0 Å². The quantitative estimate of drug-likeness (QED) is 0.0537. The van der Waals surface area contributed by atoms with Crippen LogP contribution in [0.1, 0.15) is 215 Å². The largest absolute Gasteiger partial charge is 3.00 e. The predicted octanol–water partition coefficient (Wildman–Crippen LogP) is 8.71. The summed E-state index contributed by atoms with van der Waals surface area (Å²) < 4.78 is 0. The first kappa shape index (κ1) is 51.9. The van der Waals surface area contributed by atoms with Crippen LogP contribution in [0.2, 0.25) is 0 Å². The molecule has 0 aliphatic carbocycles. The predicted molar refractivity (Wildman–Crippen MR) is 184 cm³/mol. The number of hydrogen-bond acceptors (Lipinski definition) is 6.